The van der Waals surface area contributed by atoms with Crippen molar-refractivity contribution < 1.29 is 14.3 Å². The van der Waals surface area contributed by atoms with E-state index in [0.29, 0.717) is 6.54 Å². The van der Waals surface area contributed by atoms with Gasteiger partial charge in [0.1, 0.15) is 0 Å². The van der Waals surface area contributed by atoms with Crippen LogP contribution in [0.15, 0.2) is 0 Å². The van der Waals surface area contributed by atoms with Gasteiger partial charge in [-0.2, -0.15) is 0 Å². The summed E-state index contributed by atoms with van der Waals surface area (Å²) in [4.78, 5) is 24.1. The van der Waals surface area contributed by atoms with Crippen molar-refractivity contribution in [2.75, 3.05) is 33.3 Å². The summed E-state index contributed by atoms with van der Waals surface area (Å²) < 4.78 is 5.54. The number of hydrogen-bond donors (Lipinski definition) is 2. The molecule has 6 nitrogen and oxygen atoms in total. The molecule has 17 heavy (non-hydrogen) atoms. The number of nitrogens with two attached hydrogens (primary N) is 1. The normalized spacial score (nSPS) is 19.8. The second kappa shape index (κ2) is 7.24. The van der Waals surface area contributed by atoms with E-state index < -0.39 is 0 Å². The molecular formula is C11H21N3O3. The number of hydrogen-bond acceptors (Lipinski definition) is 4. The fourth-order valence-electron chi connectivity index (χ4n) is 1.74. The lowest BCUT2D eigenvalue weighted by Gasteiger charge is -2.27. The summed E-state index contributed by atoms with van der Waals surface area (Å²) in [5.41, 5.74) is 5.13. The van der Waals surface area contributed by atoms with E-state index in [4.69, 9.17) is 10.5 Å². The number of rotatable bonds is 5. The van der Waals surface area contributed by atoms with Gasteiger partial charge in [-0.05, 0) is 19.3 Å². The number of nitrogens with zero attached hydrogens (tertiary/aromatic N) is 1. The number of amides is 2. The van der Waals surface area contributed by atoms with Gasteiger partial charge in [0.15, 0.2) is 0 Å². The van der Waals surface area contributed by atoms with E-state index in [1.54, 1.807) is 11.9 Å². The summed E-state index contributed by atoms with van der Waals surface area (Å²) in [5.74, 6) is -0.443. The summed E-state index contributed by atoms with van der Waals surface area (Å²) in [6, 6.07) is 0. The van der Waals surface area contributed by atoms with Gasteiger partial charge < -0.3 is 20.7 Å². The van der Waals surface area contributed by atoms with Crippen molar-refractivity contribution >= 4 is 11.8 Å². The van der Waals surface area contributed by atoms with Crippen LogP contribution in [0, 0.1) is 0 Å². The first-order valence-electron chi connectivity index (χ1n) is 5.96. The van der Waals surface area contributed by atoms with Gasteiger partial charge in [0.25, 0.3) is 0 Å². The minimum atomic E-state index is -0.319. The van der Waals surface area contributed by atoms with E-state index in [-0.39, 0.29) is 31.0 Å². The molecule has 2 amide bonds. The Kier molecular flexibility index (Phi) is 5.93. The van der Waals surface area contributed by atoms with Gasteiger partial charge in [0.05, 0.1) is 19.2 Å². The lowest BCUT2D eigenvalue weighted by molar-refractivity contribution is -0.133. The molecule has 0 radical (unpaired) electrons. The fourth-order valence-corrected chi connectivity index (χ4v) is 1.74. The second-order valence-corrected chi connectivity index (χ2v) is 4.24. The van der Waals surface area contributed by atoms with Gasteiger partial charge in [-0.1, -0.05) is 0 Å². The lowest BCUT2D eigenvalue weighted by atomic mass is 10.1. The minimum Gasteiger partial charge on any atom is -0.376 e. The van der Waals surface area contributed by atoms with Crippen molar-refractivity contribution in [1.82, 2.24) is 10.2 Å². The molecule has 98 valence electrons. The molecule has 1 saturated heterocycles. The van der Waals surface area contributed by atoms with Crippen LogP contribution in [0.1, 0.15) is 19.3 Å². The van der Waals surface area contributed by atoms with E-state index in [0.717, 1.165) is 25.9 Å². The molecule has 0 aliphatic carbocycles. The predicted molar refractivity (Wildman–Crippen MR) is 63.3 cm³/mol. The molecule has 1 rings (SSSR count). The Morgan fingerprint density at radius 1 is 1.47 bits per heavy atom. The number of ether oxygens (including phenoxy) is 1. The minimum absolute atomic E-state index is 0.000741. The zero-order chi connectivity index (χ0) is 12.7. The van der Waals surface area contributed by atoms with Crippen LogP contribution in [0.5, 0.6) is 0 Å². The Balaban J connectivity index is 2.23. The largest absolute Gasteiger partial charge is 0.376 e. The van der Waals surface area contributed by atoms with Crippen LogP contribution < -0.4 is 11.1 Å². The Morgan fingerprint density at radius 3 is 2.82 bits per heavy atom. The Hall–Kier alpha value is -1.14. The Bertz CT molecular complexity index is 265. The number of nitrogens with one attached hydrogen (secondary N) is 1. The van der Waals surface area contributed by atoms with Gasteiger partial charge in [-0.15, -0.1) is 0 Å². The van der Waals surface area contributed by atoms with Crippen LogP contribution in [0.4, 0.5) is 0 Å². The third-order valence-corrected chi connectivity index (χ3v) is 2.80. The Morgan fingerprint density at radius 2 is 2.24 bits per heavy atom. The lowest BCUT2D eigenvalue weighted by Crippen LogP contribution is -2.43. The summed E-state index contributed by atoms with van der Waals surface area (Å²) in [6.45, 7) is 1.26. The van der Waals surface area contributed by atoms with Crippen LogP contribution in [0.2, 0.25) is 0 Å². The highest BCUT2D eigenvalue weighted by Crippen LogP contribution is 2.13. The standard InChI is InChI=1S/C11H21N3O3/c1-14(8-9-4-2-3-5-17-9)11(16)7-13-10(15)6-12/h9H,2-8,12H2,1H3,(H,13,15). The van der Waals surface area contributed by atoms with E-state index in [1.807, 2.05) is 0 Å². The molecule has 1 fully saturated rings. The van der Waals surface area contributed by atoms with E-state index in [2.05, 4.69) is 5.32 Å². The molecule has 1 aliphatic heterocycles. The molecule has 0 aromatic rings. The molecule has 0 aromatic carbocycles. The first kappa shape index (κ1) is 13.9. The monoisotopic (exact) mass is 243 g/mol. The quantitative estimate of drug-likeness (QED) is 0.654. The molecule has 0 spiro atoms. The average molecular weight is 243 g/mol. The molecule has 6 heteroatoms. The first-order chi connectivity index (χ1) is 8.13. The fraction of sp³-hybridized carbons (Fsp3) is 0.818. The molecule has 1 heterocycles. The molecule has 1 aliphatic rings. The van der Waals surface area contributed by atoms with Crippen molar-refractivity contribution in [3.05, 3.63) is 0 Å². The van der Waals surface area contributed by atoms with Crippen LogP contribution in [-0.4, -0.2) is 56.1 Å². The van der Waals surface area contributed by atoms with Crippen LogP contribution in [-0.2, 0) is 14.3 Å². The van der Waals surface area contributed by atoms with E-state index in [9.17, 15) is 9.59 Å². The summed E-state index contributed by atoms with van der Waals surface area (Å²) in [5, 5.41) is 2.45. The first-order valence-corrected chi connectivity index (χ1v) is 5.96. The maximum Gasteiger partial charge on any atom is 0.241 e. The van der Waals surface area contributed by atoms with Gasteiger partial charge in [-0.25, -0.2) is 0 Å². The number of likely N-dealkylation sites (N-methyl/N-ethyl adjacent to an activating group) is 1. The van der Waals surface area contributed by atoms with Crippen molar-refractivity contribution in [3.63, 3.8) is 0 Å². The zero-order valence-corrected chi connectivity index (χ0v) is 10.3. The van der Waals surface area contributed by atoms with Crippen LogP contribution in [0.3, 0.4) is 0 Å². The van der Waals surface area contributed by atoms with Crippen molar-refractivity contribution in [3.8, 4) is 0 Å². The predicted octanol–water partition coefficient (Wildman–Crippen LogP) is -0.911. The SMILES string of the molecule is CN(CC1CCCCO1)C(=O)CNC(=O)CN. The van der Waals surface area contributed by atoms with Crippen LogP contribution >= 0.6 is 0 Å². The highest BCUT2D eigenvalue weighted by atomic mass is 16.5. The maximum absolute atomic E-state index is 11.7. The van der Waals surface area contributed by atoms with Crippen molar-refractivity contribution in [2.24, 2.45) is 5.73 Å². The van der Waals surface area contributed by atoms with Gasteiger partial charge in [0, 0.05) is 20.2 Å². The smallest absolute Gasteiger partial charge is 0.241 e. The second-order valence-electron chi connectivity index (χ2n) is 4.24. The molecule has 0 saturated carbocycles. The molecule has 0 aromatic heterocycles. The molecular weight excluding hydrogens is 222 g/mol. The third kappa shape index (κ3) is 5.14. The summed E-state index contributed by atoms with van der Waals surface area (Å²) in [7, 11) is 1.72. The summed E-state index contributed by atoms with van der Waals surface area (Å²) in [6.07, 6.45) is 3.37. The topological polar surface area (TPSA) is 84.7 Å². The average Bonchev–Trinajstić information content (AvgIpc) is 2.36. The van der Waals surface area contributed by atoms with E-state index >= 15 is 0 Å². The van der Waals surface area contributed by atoms with Crippen molar-refractivity contribution in [1.29, 1.82) is 0 Å². The third-order valence-electron chi connectivity index (χ3n) is 2.80. The maximum atomic E-state index is 11.7. The number of carbonyl (C=O) groups excluding carboxylic acids is 2. The van der Waals surface area contributed by atoms with Crippen molar-refractivity contribution in [2.45, 2.75) is 25.4 Å². The molecule has 0 bridgehead atoms. The highest BCUT2D eigenvalue weighted by Gasteiger charge is 2.18. The van der Waals surface area contributed by atoms with Gasteiger partial charge in [-0.3, -0.25) is 9.59 Å². The van der Waals surface area contributed by atoms with Gasteiger partial charge >= 0.3 is 0 Å². The molecule has 1 unspecified atom stereocenters. The number of carbonyl (C=O) groups is 2. The summed E-state index contributed by atoms with van der Waals surface area (Å²) >= 11 is 0. The van der Waals surface area contributed by atoms with Crippen LogP contribution in [0.25, 0.3) is 0 Å². The molecule has 3 N–H and O–H groups in total. The van der Waals surface area contributed by atoms with Gasteiger partial charge in [0.2, 0.25) is 11.8 Å². The Labute approximate surface area is 101 Å². The highest BCUT2D eigenvalue weighted by molar-refractivity contribution is 5.85. The molecule has 1 atom stereocenters. The zero-order valence-electron chi connectivity index (χ0n) is 10.3. The van der Waals surface area contributed by atoms with E-state index in [1.165, 1.54) is 0 Å².